The van der Waals surface area contributed by atoms with Crippen molar-refractivity contribution in [3.63, 3.8) is 0 Å². The molecule has 0 bridgehead atoms. The second-order valence-corrected chi connectivity index (χ2v) is 7.40. The lowest BCUT2D eigenvalue weighted by Gasteiger charge is -2.19. The Labute approximate surface area is 178 Å². The molecular weight excluding hydrogens is 374 g/mol. The summed E-state index contributed by atoms with van der Waals surface area (Å²) in [6.07, 6.45) is 1.23. The Morgan fingerprint density at radius 2 is 1.57 bits per heavy atom. The molecule has 0 spiro atoms. The largest absolute Gasteiger partial charge is 0.491 e. The first kappa shape index (κ1) is 21.4. The van der Waals surface area contributed by atoms with Crippen molar-refractivity contribution in [3.8, 4) is 11.5 Å². The van der Waals surface area contributed by atoms with Crippen LogP contribution in [-0.2, 0) is 11.2 Å². The number of hydrogen-bond acceptors (Lipinski definition) is 3. The number of carbonyl (C=O) groups excluding carboxylic acids is 1. The van der Waals surface area contributed by atoms with E-state index in [-0.39, 0.29) is 5.91 Å². The van der Waals surface area contributed by atoms with Crippen LogP contribution in [0.25, 0.3) is 0 Å². The zero-order valence-electron chi connectivity index (χ0n) is 17.9. The summed E-state index contributed by atoms with van der Waals surface area (Å²) in [7, 11) is 0. The van der Waals surface area contributed by atoms with Gasteiger partial charge >= 0.3 is 0 Å². The van der Waals surface area contributed by atoms with E-state index >= 15 is 0 Å². The number of para-hydroxylation sites is 3. The summed E-state index contributed by atoms with van der Waals surface area (Å²) < 4.78 is 11.9. The molecule has 1 N–H and O–H groups in total. The number of aryl methyl sites for hydroxylation is 3. The van der Waals surface area contributed by atoms with Crippen molar-refractivity contribution in [2.24, 2.45) is 0 Å². The number of benzene rings is 3. The highest BCUT2D eigenvalue weighted by Crippen LogP contribution is 2.26. The topological polar surface area (TPSA) is 47.6 Å². The minimum atomic E-state index is -0.629. The van der Waals surface area contributed by atoms with Crippen LogP contribution in [0.1, 0.15) is 30.0 Å². The van der Waals surface area contributed by atoms with E-state index in [9.17, 15) is 4.79 Å². The molecule has 1 unspecified atom stereocenters. The fourth-order valence-electron chi connectivity index (χ4n) is 3.25. The molecule has 0 radical (unpaired) electrons. The van der Waals surface area contributed by atoms with Crippen LogP contribution in [-0.4, -0.2) is 18.6 Å². The van der Waals surface area contributed by atoms with Crippen LogP contribution >= 0.6 is 0 Å². The molecule has 0 aromatic heterocycles. The molecule has 156 valence electrons. The van der Waals surface area contributed by atoms with E-state index in [1.165, 1.54) is 5.56 Å². The van der Waals surface area contributed by atoms with Crippen molar-refractivity contribution >= 4 is 11.6 Å². The zero-order valence-corrected chi connectivity index (χ0v) is 17.9. The lowest BCUT2D eigenvalue weighted by atomic mass is 10.1. The van der Waals surface area contributed by atoms with E-state index in [1.807, 2.05) is 74.5 Å². The second kappa shape index (κ2) is 10.5. The molecule has 0 fully saturated rings. The van der Waals surface area contributed by atoms with Gasteiger partial charge in [-0.2, -0.15) is 0 Å². The predicted octanol–water partition coefficient (Wildman–Crippen LogP) is 5.72. The average Bonchev–Trinajstić information content (AvgIpc) is 2.75. The van der Waals surface area contributed by atoms with Crippen molar-refractivity contribution < 1.29 is 14.3 Å². The van der Waals surface area contributed by atoms with Crippen LogP contribution in [0.3, 0.4) is 0 Å². The van der Waals surface area contributed by atoms with Crippen LogP contribution < -0.4 is 14.8 Å². The van der Waals surface area contributed by atoms with E-state index in [2.05, 4.69) is 17.4 Å². The van der Waals surface area contributed by atoms with Crippen molar-refractivity contribution in [1.82, 2.24) is 0 Å². The Balaban J connectivity index is 1.56. The van der Waals surface area contributed by atoms with Gasteiger partial charge in [0, 0.05) is 0 Å². The number of amides is 1. The van der Waals surface area contributed by atoms with Gasteiger partial charge in [-0.3, -0.25) is 4.79 Å². The fraction of sp³-hybridized carbons (Fsp3) is 0.269. The summed E-state index contributed by atoms with van der Waals surface area (Å²) in [5.74, 6) is 1.21. The van der Waals surface area contributed by atoms with Gasteiger partial charge in [-0.25, -0.2) is 0 Å². The van der Waals surface area contributed by atoms with Gasteiger partial charge in [0.05, 0.1) is 12.3 Å². The second-order valence-electron chi connectivity index (χ2n) is 7.40. The monoisotopic (exact) mass is 403 g/mol. The van der Waals surface area contributed by atoms with Gasteiger partial charge in [-0.1, -0.05) is 60.7 Å². The Hall–Kier alpha value is -3.27. The molecule has 1 amide bonds. The number of rotatable bonds is 9. The highest BCUT2D eigenvalue weighted by Gasteiger charge is 2.18. The van der Waals surface area contributed by atoms with Crippen molar-refractivity contribution in [3.05, 3.63) is 89.5 Å². The number of carbonyl (C=O) groups is 1. The Morgan fingerprint density at radius 3 is 2.30 bits per heavy atom. The van der Waals surface area contributed by atoms with Crippen LogP contribution in [0.5, 0.6) is 11.5 Å². The highest BCUT2D eigenvalue weighted by atomic mass is 16.5. The van der Waals surface area contributed by atoms with Gasteiger partial charge in [-0.05, 0) is 62.4 Å². The number of nitrogens with one attached hydrogen (secondary N) is 1. The summed E-state index contributed by atoms with van der Waals surface area (Å²) in [5.41, 5.74) is 3.97. The first-order chi connectivity index (χ1) is 14.5. The summed E-state index contributed by atoms with van der Waals surface area (Å²) in [6.45, 7) is 6.29. The summed E-state index contributed by atoms with van der Waals surface area (Å²) >= 11 is 0. The molecule has 3 aromatic rings. The fourth-order valence-corrected chi connectivity index (χ4v) is 3.25. The van der Waals surface area contributed by atoms with Gasteiger partial charge in [0.1, 0.15) is 11.5 Å². The van der Waals surface area contributed by atoms with E-state index < -0.39 is 6.10 Å². The molecule has 0 heterocycles. The number of ether oxygens (including phenoxy) is 2. The summed E-state index contributed by atoms with van der Waals surface area (Å²) in [4.78, 5) is 12.7. The van der Waals surface area contributed by atoms with Gasteiger partial charge in [0.2, 0.25) is 0 Å². The molecular formula is C26H29NO3. The van der Waals surface area contributed by atoms with E-state index in [0.717, 1.165) is 29.7 Å². The minimum absolute atomic E-state index is 0.210. The van der Waals surface area contributed by atoms with Gasteiger partial charge in [0.25, 0.3) is 5.91 Å². The Kier molecular flexibility index (Phi) is 7.50. The zero-order chi connectivity index (χ0) is 21.3. The number of anilines is 1. The quantitative estimate of drug-likeness (QED) is 0.465. The first-order valence-electron chi connectivity index (χ1n) is 10.3. The summed E-state index contributed by atoms with van der Waals surface area (Å²) in [6, 6.07) is 23.8. The average molecular weight is 404 g/mol. The minimum Gasteiger partial charge on any atom is -0.491 e. The van der Waals surface area contributed by atoms with Crippen molar-refractivity contribution in [2.75, 3.05) is 11.9 Å². The predicted molar refractivity (Wildman–Crippen MR) is 121 cm³/mol. The van der Waals surface area contributed by atoms with Crippen LogP contribution in [0.2, 0.25) is 0 Å². The normalized spacial score (nSPS) is 11.6. The third kappa shape index (κ3) is 5.86. The van der Waals surface area contributed by atoms with Crippen molar-refractivity contribution in [1.29, 1.82) is 0 Å². The van der Waals surface area contributed by atoms with Gasteiger partial charge < -0.3 is 14.8 Å². The lowest BCUT2D eigenvalue weighted by molar-refractivity contribution is -0.122. The Morgan fingerprint density at radius 1 is 0.900 bits per heavy atom. The molecule has 4 heteroatoms. The van der Waals surface area contributed by atoms with Gasteiger partial charge in [-0.15, -0.1) is 0 Å². The smallest absolute Gasteiger partial charge is 0.265 e. The van der Waals surface area contributed by atoms with E-state index in [1.54, 1.807) is 6.92 Å². The maximum absolute atomic E-state index is 12.7. The molecule has 0 saturated carbocycles. The highest BCUT2D eigenvalue weighted by molar-refractivity contribution is 5.95. The van der Waals surface area contributed by atoms with Crippen molar-refractivity contribution in [2.45, 2.75) is 39.7 Å². The number of hydrogen-bond donors (Lipinski definition) is 1. The molecule has 0 aliphatic heterocycles. The van der Waals surface area contributed by atoms with Gasteiger partial charge in [0.15, 0.2) is 6.10 Å². The SMILES string of the molecule is Cc1cccc(C)c1OC(C)C(=O)Nc1ccccc1OCCCc1ccccc1. The molecule has 0 aliphatic rings. The van der Waals surface area contributed by atoms with E-state index in [0.29, 0.717) is 18.0 Å². The molecule has 30 heavy (non-hydrogen) atoms. The Bertz CT molecular complexity index is 949. The molecule has 0 aliphatic carbocycles. The molecule has 3 rings (SSSR count). The van der Waals surface area contributed by atoms with Crippen LogP contribution in [0, 0.1) is 13.8 Å². The maximum atomic E-state index is 12.7. The first-order valence-corrected chi connectivity index (χ1v) is 10.3. The third-order valence-electron chi connectivity index (χ3n) is 4.93. The van der Waals surface area contributed by atoms with Crippen LogP contribution in [0.4, 0.5) is 5.69 Å². The maximum Gasteiger partial charge on any atom is 0.265 e. The molecule has 0 saturated heterocycles. The summed E-state index contributed by atoms with van der Waals surface area (Å²) in [5, 5.41) is 2.94. The molecule has 1 atom stereocenters. The molecule has 3 aromatic carbocycles. The molecule has 4 nitrogen and oxygen atoms in total. The van der Waals surface area contributed by atoms with Crippen LogP contribution in [0.15, 0.2) is 72.8 Å². The standard InChI is InChI=1S/C26H29NO3/c1-19-11-9-12-20(2)25(19)30-21(3)26(28)27-23-16-7-8-17-24(23)29-18-10-15-22-13-5-4-6-14-22/h4-9,11-14,16-17,21H,10,15,18H2,1-3H3,(H,27,28). The third-order valence-corrected chi connectivity index (χ3v) is 4.93. The van der Waals surface area contributed by atoms with E-state index in [4.69, 9.17) is 9.47 Å². The lowest BCUT2D eigenvalue weighted by Crippen LogP contribution is -2.30.